The molecule has 2 rings (SSSR count). The molecule has 2 N–H and O–H groups in total. The van der Waals surface area contributed by atoms with E-state index < -0.39 is 12.2 Å². The van der Waals surface area contributed by atoms with Crippen LogP contribution in [0.1, 0.15) is 19.8 Å². The van der Waals surface area contributed by atoms with E-state index in [0.29, 0.717) is 19.1 Å². The fraction of sp³-hybridized carbons (Fsp3) is 1.00. The average molecular weight is 171 g/mol. The van der Waals surface area contributed by atoms with Gasteiger partial charge in [0.25, 0.3) is 0 Å². The first kappa shape index (κ1) is 8.48. The van der Waals surface area contributed by atoms with Crippen LogP contribution in [0.2, 0.25) is 0 Å². The summed E-state index contributed by atoms with van der Waals surface area (Å²) in [7, 11) is 0. The third-order valence-corrected chi connectivity index (χ3v) is 3.17. The second kappa shape index (κ2) is 2.98. The Kier molecular flexibility index (Phi) is 2.10. The first-order valence-electron chi connectivity index (χ1n) is 4.78. The van der Waals surface area contributed by atoms with Gasteiger partial charge in [0.15, 0.2) is 0 Å². The molecule has 12 heavy (non-hydrogen) atoms. The summed E-state index contributed by atoms with van der Waals surface area (Å²) in [6.07, 6.45) is 1.60. The molecule has 1 saturated carbocycles. The minimum atomic E-state index is -0.522. The molecule has 1 saturated heterocycles. The molecule has 3 nitrogen and oxygen atoms in total. The normalized spacial score (nSPS) is 40.2. The number of rotatable bonds is 2. The number of hydrogen-bond acceptors (Lipinski definition) is 3. The van der Waals surface area contributed by atoms with Gasteiger partial charge in [0.05, 0.1) is 12.2 Å². The lowest BCUT2D eigenvalue weighted by molar-refractivity contribution is 0.0572. The van der Waals surface area contributed by atoms with Crippen molar-refractivity contribution in [3.05, 3.63) is 0 Å². The van der Waals surface area contributed by atoms with Crippen molar-refractivity contribution in [2.75, 3.05) is 13.1 Å². The summed E-state index contributed by atoms with van der Waals surface area (Å²) in [5.41, 5.74) is 0. The lowest BCUT2D eigenvalue weighted by Crippen LogP contribution is -2.33. The molecular formula is C9H17NO2. The van der Waals surface area contributed by atoms with Crippen molar-refractivity contribution in [1.29, 1.82) is 0 Å². The lowest BCUT2D eigenvalue weighted by Gasteiger charge is -2.23. The van der Waals surface area contributed by atoms with Crippen molar-refractivity contribution < 1.29 is 10.2 Å². The second-order valence-electron chi connectivity index (χ2n) is 4.17. The SMILES string of the molecule is CC(C1CC1)N1C[C@@H](O)[C@@H](O)C1. The smallest absolute Gasteiger partial charge is 0.0938 e. The van der Waals surface area contributed by atoms with Gasteiger partial charge in [0.1, 0.15) is 0 Å². The molecule has 70 valence electrons. The van der Waals surface area contributed by atoms with E-state index in [1.807, 2.05) is 0 Å². The number of likely N-dealkylation sites (tertiary alicyclic amines) is 1. The Bertz CT molecular complexity index is 160. The van der Waals surface area contributed by atoms with Crippen LogP contribution < -0.4 is 0 Å². The highest BCUT2D eigenvalue weighted by molar-refractivity contribution is 4.92. The molecule has 0 radical (unpaired) electrons. The summed E-state index contributed by atoms with van der Waals surface area (Å²) in [6, 6.07) is 0.553. The van der Waals surface area contributed by atoms with Crippen LogP contribution in [0.25, 0.3) is 0 Å². The summed E-state index contributed by atoms with van der Waals surface area (Å²) in [6.45, 7) is 3.50. The second-order valence-corrected chi connectivity index (χ2v) is 4.17. The molecule has 2 fully saturated rings. The third kappa shape index (κ3) is 1.49. The van der Waals surface area contributed by atoms with Crippen LogP contribution in [0.3, 0.4) is 0 Å². The molecule has 3 atom stereocenters. The summed E-state index contributed by atoms with van der Waals surface area (Å²) >= 11 is 0. The van der Waals surface area contributed by atoms with Crippen LogP contribution >= 0.6 is 0 Å². The molecule has 0 aromatic heterocycles. The first-order valence-corrected chi connectivity index (χ1v) is 4.78. The first-order chi connectivity index (χ1) is 5.68. The Morgan fingerprint density at radius 2 is 1.67 bits per heavy atom. The maximum atomic E-state index is 9.33. The van der Waals surface area contributed by atoms with E-state index in [-0.39, 0.29) is 0 Å². The molecular weight excluding hydrogens is 154 g/mol. The Hall–Kier alpha value is -0.120. The highest BCUT2D eigenvalue weighted by Crippen LogP contribution is 2.36. The predicted octanol–water partition coefficient (Wildman–Crippen LogP) is -0.178. The molecule has 1 aliphatic heterocycles. The zero-order valence-electron chi connectivity index (χ0n) is 7.48. The molecule has 2 aliphatic rings. The Balaban J connectivity index is 1.88. The van der Waals surface area contributed by atoms with E-state index in [0.717, 1.165) is 5.92 Å². The molecule has 1 heterocycles. The molecule has 3 heteroatoms. The number of aliphatic hydroxyl groups excluding tert-OH is 2. The van der Waals surface area contributed by atoms with Crippen molar-refractivity contribution in [2.45, 2.75) is 38.0 Å². The maximum Gasteiger partial charge on any atom is 0.0938 e. The van der Waals surface area contributed by atoms with Gasteiger partial charge in [-0.1, -0.05) is 0 Å². The van der Waals surface area contributed by atoms with Gasteiger partial charge in [-0.25, -0.2) is 0 Å². The zero-order valence-corrected chi connectivity index (χ0v) is 7.48. The monoisotopic (exact) mass is 171 g/mol. The van der Waals surface area contributed by atoms with Gasteiger partial charge in [0.2, 0.25) is 0 Å². The Morgan fingerprint density at radius 1 is 1.17 bits per heavy atom. The van der Waals surface area contributed by atoms with Gasteiger partial charge >= 0.3 is 0 Å². The van der Waals surface area contributed by atoms with Crippen molar-refractivity contribution >= 4 is 0 Å². The maximum absolute atomic E-state index is 9.33. The Labute approximate surface area is 73.0 Å². The van der Waals surface area contributed by atoms with Crippen LogP contribution in [-0.2, 0) is 0 Å². The molecule has 1 unspecified atom stereocenters. The molecule has 0 bridgehead atoms. The molecule has 0 aromatic carbocycles. The van der Waals surface area contributed by atoms with E-state index >= 15 is 0 Å². The van der Waals surface area contributed by atoms with Gasteiger partial charge < -0.3 is 10.2 Å². The van der Waals surface area contributed by atoms with Crippen LogP contribution in [0.4, 0.5) is 0 Å². The van der Waals surface area contributed by atoms with Crippen molar-refractivity contribution in [1.82, 2.24) is 4.90 Å². The number of β-amino-alcohol motifs (C(OH)–C–C–N with tert-alkyl or cyclic N) is 2. The summed E-state index contributed by atoms with van der Waals surface area (Å²) in [5.74, 6) is 0.822. The lowest BCUT2D eigenvalue weighted by atomic mass is 10.2. The minimum Gasteiger partial charge on any atom is -0.389 e. The van der Waals surface area contributed by atoms with Gasteiger partial charge in [0, 0.05) is 19.1 Å². The fourth-order valence-corrected chi connectivity index (χ4v) is 2.01. The van der Waals surface area contributed by atoms with E-state index in [1.165, 1.54) is 12.8 Å². The fourth-order valence-electron chi connectivity index (χ4n) is 2.01. The van der Waals surface area contributed by atoms with E-state index in [9.17, 15) is 10.2 Å². The topological polar surface area (TPSA) is 43.7 Å². The molecule has 0 aromatic rings. The zero-order chi connectivity index (χ0) is 8.72. The number of nitrogens with zero attached hydrogens (tertiary/aromatic N) is 1. The highest BCUT2D eigenvalue weighted by Gasteiger charge is 2.38. The molecule has 0 amide bonds. The van der Waals surface area contributed by atoms with Crippen LogP contribution in [0.5, 0.6) is 0 Å². The van der Waals surface area contributed by atoms with Crippen molar-refractivity contribution in [2.24, 2.45) is 5.92 Å². The highest BCUT2D eigenvalue weighted by atomic mass is 16.3. The summed E-state index contributed by atoms with van der Waals surface area (Å²) < 4.78 is 0. The van der Waals surface area contributed by atoms with Gasteiger partial charge in [-0.05, 0) is 25.7 Å². The predicted molar refractivity (Wildman–Crippen MR) is 45.8 cm³/mol. The minimum absolute atomic E-state index is 0.522. The quantitative estimate of drug-likeness (QED) is 0.606. The van der Waals surface area contributed by atoms with Crippen molar-refractivity contribution in [3.8, 4) is 0 Å². The van der Waals surface area contributed by atoms with Crippen molar-refractivity contribution in [3.63, 3.8) is 0 Å². The van der Waals surface area contributed by atoms with E-state index in [2.05, 4.69) is 11.8 Å². The number of aliphatic hydroxyl groups is 2. The van der Waals surface area contributed by atoms with Crippen LogP contribution in [-0.4, -0.2) is 46.5 Å². The molecule has 1 aliphatic carbocycles. The van der Waals surface area contributed by atoms with Crippen LogP contribution in [0, 0.1) is 5.92 Å². The largest absolute Gasteiger partial charge is 0.389 e. The van der Waals surface area contributed by atoms with E-state index in [1.54, 1.807) is 0 Å². The van der Waals surface area contributed by atoms with E-state index in [4.69, 9.17) is 0 Å². The van der Waals surface area contributed by atoms with Gasteiger partial charge in [-0.15, -0.1) is 0 Å². The Morgan fingerprint density at radius 3 is 2.08 bits per heavy atom. The molecule has 0 spiro atoms. The van der Waals surface area contributed by atoms with Gasteiger partial charge in [-0.2, -0.15) is 0 Å². The standard InChI is InChI=1S/C9H17NO2/c1-6(7-2-3-7)10-4-8(11)9(12)5-10/h6-9,11-12H,2-5H2,1H3/t6?,8-,9+. The third-order valence-electron chi connectivity index (χ3n) is 3.17. The summed E-state index contributed by atoms with van der Waals surface area (Å²) in [4.78, 5) is 2.20. The van der Waals surface area contributed by atoms with Gasteiger partial charge in [-0.3, -0.25) is 4.90 Å². The van der Waals surface area contributed by atoms with Crippen LogP contribution in [0.15, 0.2) is 0 Å². The number of hydrogen-bond donors (Lipinski definition) is 2. The summed E-state index contributed by atoms with van der Waals surface area (Å²) in [5, 5.41) is 18.7. The average Bonchev–Trinajstić information content (AvgIpc) is 2.80.